The van der Waals surface area contributed by atoms with E-state index >= 15 is 0 Å². The summed E-state index contributed by atoms with van der Waals surface area (Å²) in [6.07, 6.45) is 5.58. The van der Waals surface area contributed by atoms with Crippen LogP contribution < -0.4 is 5.73 Å². The molecule has 0 unspecified atom stereocenters. The van der Waals surface area contributed by atoms with Gasteiger partial charge < -0.3 is 5.73 Å². The van der Waals surface area contributed by atoms with Crippen molar-refractivity contribution in [3.05, 3.63) is 0 Å². The van der Waals surface area contributed by atoms with Crippen LogP contribution >= 0.6 is 0 Å². The quantitative estimate of drug-likeness (QED) is 0.784. The molecule has 0 aromatic carbocycles. The second-order valence-corrected chi connectivity index (χ2v) is 7.87. The van der Waals surface area contributed by atoms with Crippen LogP contribution in [0.2, 0.25) is 0 Å². The monoisotopic (exact) mass is 254 g/mol. The Hall–Kier alpha value is -0.0800. The minimum absolute atomic E-state index is 0.124. The summed E-state index contributed by atoms with van der Waals surface area (Å²) in [4.78, 5) is 2.71. The number of rotatable bonds is 6. The molecule has 0 aromatic heterocycles. The van der Waals surface area contributed by atoms with E-state index in [1.807, 2.05) is 0 Å². The van der Waals surface area contributed by atoms with Crippen LogP contribution in [0.4, 0.5) is 0 Å². The molecule has 0 bridgehead atoms. The zero-order chi connectivity index (χ0) is 14.0. The molecular formula is C16H34N2. The maximum atomic E-state index is 6.36. The third-order valence-corrected chi connectivity index (χ3v) is 4.78. The molecule has 0 aliphatic heterocycles. The van der Waals surface area contributed by atoms with Crippen molar-refractivity contribution in [3.63, 3.8) is 0 Å². The van der Waals surface area contributed by atoms with E-state index in [9.17, 15) is 0 Å². The average Bonchev–Trinajstić information content (AvgIpc) is 2.65. The van der Waals surface area contributed by atoms with Crippen molar-refractivity contribution in [2.45, 2.75) is 78.8 Å². The Morgan fingerprint density at radius 1 is 1.11 bits per heavy atom. The summed E-state index contributed by atoms with van der Waals surface area (Å²) in [6, 6.07) is 0.800. The Bertz CT molecular complexity index is 244. The normalized spacial score (nSPS) is 19.2. The fourth-order valence-corrected chi connectivity index (χ4v) is 2.79. The highest BCUT2D eigenvalue weighted by molar-refractivity contribution is 4.94. The molecule has 1 saturated carbocycles. The summed E-state index contributed by atoms with van der Waals surface area (Å²) in [5.41, 5.74) is 6.40. The fraction of sp³-hybridized carbons (Fsp3) is 1.00. The summed E-state index contributed by atoms with van der Waals surface area (Å²) in [6.45, 7) is 15.9. The zero-order valence-electron chi connectivity index (χ0n) is 13.4. The van der Waals surface area contributed by atoms with Crippen LogP contribution in [0.25, 0.3) is 0 Å². The second-order valence-electron chi connectivity index (χ2n) is 7.87. The molecule has 2 nitrogen and oxygen atoms in total. The smallest absolute Gasteiger partial charge is 0.0161 e. The van der Waals surface area contributed by atoms with Crippen molar-refractivity contribution in [2.75, 3.05) is 13.1 Å². The van der Waals surface area contributed by atoms with E-state index in [4.69, 9.17) is 5.73 Å². The first-order chi connectivity index (χ1) is 8.13. The first kappa shape index (κ1) is 16.0. The summed E-state index contributed by atoms with van der Waals surface area (Å²) in [5, 5.41) is 0. The number of nitrogens with two attached hydrogens (primary N) is 1. The lowest BCUT2D eigenvalue weighted by molar-refractivity contribution is 0.0748. The van der Waals surface area contributed by atoms with Gasteiger partial charge in [0.15, 0.2) is 0 Å². The third kappa shape index (κ3) is 4.24. The molecule has 0 amide bonds. The van der Waals surface area contributed by atoms with Crippen LogP contribution in [-0.4, -0.2) is 29.6 Å². The van der Waals surface area contributed by atoms with Gasteiger partial charge in [0.2, 0.25) is 0 Å². The van der Waals surface area contributed by atoms with Crippen LogP contribution in [0, 0.1) is 11.3 Å². The van der Waals surface area contributed by atoms with Gasteiger partial charge in [0.1, 0.15) is 0 Å². The highest BCUT2D eigenvalue weighted by atomic mass is 15.2. The Morgan fingerprint density at radius 3 is 2.00 bits per heavy atom. The lowest BCUT2D eigenvalue weighted by Gasteiger charge is -2.44. The van der Waals surface area contributed by atoms with Crippen LogP contribution in [0.5, 0.6) is 0 Å². The van der Waals surface area contributed by atoms with Gasteiger partial charge in [-0.05, 0) is 38.0 Å². The summed E-state index contributed by atoms with van der Waals surface area (Å²) < 4.78 is 0. The lowest BCUT2D eigenvalue weighted by atomic mass is 9.74. The summed E-state index contributed by atoms with van der Waals surface area (Å²) in [7, 11) is 0. The summed E-state index contributed by atoms with van der Waals surface area (Å²) in [5.74, 6) is 0.738. The molecule has 0 saturated heterocycles. The van der Waals surface area contributed by atoms with Gasteiger partial charge in [0.25, 0.3) is 0 Å². The van der Waals surface area contributed by atoms with Gasteiger partial charge in [-0.1, -0.05) is 40.5 Å². The number of hydrogen-bond acceptors (Lipinski definition) is 2. The maximum Gasteiger partial charge on any atom is 0.0161 e. The molecule has 0 radical (unpaired) electrons. The van der Waals surface area contributed by atoms with E-state index in [0.29, 0.717) is 0 Å². The molecule has 18 heavy (non-hydrogen) atoms. The topological polar surface area (TPSA) is 29.3 Å². The van der Waals surface area contributed by atoms with Gasteiger partial charge in [-0.3, -0.25) is 4.90 Å². The molecule has 1 rings (SSSR count). The third-order valence-electron chi connectivity index (χ3n) is 4.78. The van der Waals surface area contributed by atoms with Gasteiger partial charge in [-0.25, -0.2) is 0 Å². The molecule has 0 aromatic rings. The van der Waals surface area contributed by atoms with E-state index in [-0.39, 0.29) is 11.0 Å². The van der Waals surface area contributed by atoms with E-state index in [1.165, 1.54) is 32.2 Å². The fourth-order valence-electron chi connectivity index (χ4n) is 2.79. The molecular weight excluding hydrogens is 220 g/mol. The molecule has 1 fully saturated rings. The first-order valence-corrected chi connectivity index (χ1v) is 7.66. The highest BCUT2D eigenvalue weighted by Gasteiger charge is 2.37. The van der Waals surface area contributed by atoms with Gasteiger partial charge in [0, 0.05) is 24.7 Å². The van der Waals surface area contributed by atoms with E-state index in [0.717, 1.165) is 18.5 Å². The predicted molar refractivity (Wildman–Crippen MR) is 80.7 cm³/mol. The van der Waals surface area contributed by atoms with Gasteiger partial charge in [-0.2, -0.15) is 0 Å². The van der Waals surface area contributed by atoms with Gasteiger partial charge in [-0.15, -0.1) is 0 Å². The minimum Gasteiger partial charge on any atom is -0.325 e. The van der Waals surface area contributed by atoms with E-state index in [2.05, 4.69) is 46.4 Å². The van der Waals surface area contributed by atoms with Crippen LogP contribution in [0.1, 0.15) is 67.2 Å². The molecule has 0 heterocycles. The number of nitrogens with zero attached hydrogens (tertiary/aromatic N) is 1. The van der Waals surface area contributed by atoms with Gasteiger partial charge >= 0.3 is 0 Å². The Balaban J connectivity index is 2.71. The largest absolute Gasteiger partial charge is 0.325 e. The van der Waals surface area contributed by atoms with E-state index in [1.54, 1.807) is 0 Å². The van der Waals surface area contributed by atoms with Gasteiger partial charge in [0.05, 0.1) is 0 Å². The standard InChI is InChI=1S/C16H34N2/c1-13(2)11-18(14-9-7-8-10-14)12-15(3,4)16(5,6)17/h13-14H,7-12,17H2,1-6H3. The molecule has 2 N–H and O–H groups in total. The van der Waals surface area contributed by atoms with Crippen molar-refractivity contribution in [1.82, 2.24) is 4.90 Å². The average molecular weight is 254 g/mol. The Morgan fingerprint density at radius 2 is 1.61 bits per heavy atom. The molecule has 1 aliphatic rings. The van der Waals surface area contributed by atoms with Crippen LogP contribution in [-0.2, 0) is 0 Å². The SMILES string of the molecule is CC(C)CN(CC(C)(C)C(C)(C)N)C1CCCC1. The van der Waals surface area contributed by atoms with Crippen molar-refractivity contribution >= 4 is 0 Å². The van der Waals surface area contributed by atoms with Crippen molar-refractivity contribution in [1.29, 1.82) is 0 Å². The minimum atomic E-state index is -0.124. The lowest BCUT2D eigenvalue weighted by Crippen LogP contribution is -2.54. The molecule has 1 aliphatic carbocycles. The second kappa shape index (κ2) is 5.92. The van der Waals surface area contributed by atoms with Crippen molar-refractivity contribution in [2.24, 2.45) is 17.1 Å². The first-order valence-electron chi connectivity index (χ1n) is 7.66. The molecule has 108 valence electrons. The summed E-state index contributed by atoms with van der Waals surface area (Å²) >= 11 is 0. The highest BCUT2D eigenvalue weighted by Crippen LogP contribution is 2.33. The zero-order valence-corrected chi connectivity index (χ0v) is 13.4. The van der Waals surface area contributed by atoms with Crippen molar-refractivity contribution in [3.8, 4) is 0 Å². The van der Waals surface area contributed by atoms with Crippen molar-refractivity contribution < 1.29 is 0 Å². The van der Waals surface area contributed by atoms with E-state index < -0.39 is 0 Å². The molecule has 0 atom stereocenters. The number of hydrogen-bond donors (Lipinski definition) is 1. The molecule has 0 spiro atoms. The Labute approximate surface area is 114 Å². The van der Waals surface area contributed by atoms with Crippen LogP contribution in [0.15, 0.2) is 0 Å². The Kier molecular flexibility index (Phi) is 5.25. The van der Waals surface area contributed by atoms with Crippen LogP contribution in [0.3, 0.4) is 0 Å². The molecule has 2 heteroatoms. The predicted octanol–water partition coefficient (Wildman–Crippen LogP) is 3.65. The maximum absolute atomic E-state index is 6.36.